The van der Waals surface area contributed by atoms with Crippen LogP contribution in [-0.4, -0.2) is 12.0 Å². The van der Waals surface area contributed by atoms with E-state index in [1.807, 2.05) is 37.4 Å². The summed E-state index contributed by atoms with van der Waals surface area (Å²) in [6.07, 6.45) is 1.79. The van der Waals surface area contributed by atoms with Gasteiger partial charge in [-0.3, -0.25) is 4.98 Å². The lowest BCUT2D eigenvalue weighted by molar-refractivity contribution is 0.309. The maximum Gasteiger partial charge on any atom is 0.146 e. The molecule has 2 aromatic carbocycles. The molecule has 0 atom stereocenters. The van der Waals surface area contributed by atoms with Gasteiger partial charge in [-0.1, -0.05) is 42.5 Å². The highest BCUT2D eigenvalue weighted by atomic mass is 16.5. The van der Waals surface area contributed by atoms with E-state index < -0.39 is 0 Å². The molecule has 3 rings (SSSR count). The van der Waals surface area contributed by atoms with Crippen molar-refractivity contribution >= 4 is 10.9 Å². The Morgan fingerprint density at radius 3 is 2.71 bits per heavy atom. The molecular formula is C18H18N2O. The molecule has 3 aromatic rings. The lowest BCUT2D eigenvalue weighted by Crippen LogP contribution is -2.05. The molecule has 0 fully saturated rings. The largest absolute Gasteiger partial charge is 0.487 e. The summed E-state index contributed by atoms with van der Waals surface area (Å²) in [6.45, 7) is 1.41. The number of nitrogens with zero attached hydrogens (tertiary/aromatic N) is 1. The zero-order valence-electron chi connectivity index (χ0n) is 12.0. The summed E-state index contributed by atoms with van der Waals surface area (Å²) in [4.78, 5) is 4.41. The number of rotatable bonds is 5. The third-order valence-corrected chi connectivity index (χ3v) is 3.36. The predicted molar refractivity (Wildman–Crippen MR) is 85.3 cm³/mol. The summed E-state index contributed by atoms with van der Waals surface area (Å²) in [6, 6.07) is 18.4. The molecule has 0 bridgehead atoms. The molecule has 0 unspecified atom stereocenters. The van der Waals surface area contributed by atoms with Gasteiger partial charge < -0.3 is 10.1 Å². The molecule has 1 aromatic heterocycles. The van der Waals surface area contributed by atoms with Crippen LogP contribution in [0.15, 0.2) is 60.8 Å². The molecular weight excluding hydrogens is 260 g/mol. The highest BCUT2D eigenvalue weighted by Gasteiger charge is 2.03. The number of hydrogen-bond acceptors (Lipinski definition) is 3. The van der Waals surface area contributed by atoms with Gasteiger partial charge in [-0.05, 0) is 30.3 Å². The first kappa shape index (κ1) is 13.6. The quantitative estimate of drug-likeness (QED) is 0.775. The number of nitrogens with one attached hydrogen (secondary N) is 1. The maximum absolute atomic E-state index is 5.96. The average molecular weight is 278 g/mol. The van der Waals surface area contributed by atoms with Crippen LogP contribution < -0.4 is 10.1 Å². The van der Waals surface area contributed by atoms with Crippen molar-refractivity contribution in [3.63, 3.8) is 0 Å². The Hall–Kier alpha value is -2.39. The van der Waals surface area contributed by atoms with Gasteiger partial charge in [0.05, 0.1) is 0 Å². The first-order valence-corrected chi connectivity index (χ1v) is 7.06. The van der Waals surface area contributed by atoms with E-state index in [0.717, 1.165) is 28.8 Å². The van der Waals surface area contributed by atoms with Gasteiger partial charge in [0.25, 0.3) is 0 Å². The first-order valence-electron chi connectivity index (χ1n) is 7.06. The highest BCUT2D eigenvalue weighted by molar-refractivity contribution is 5.84. The topological polar surface area (TPSA) is 34.1 Å². The molecule has 0 radical (unpaired) electrons. The molecule has 1 N–H and O–H groups in total. The molecule has 1 heterocycles. The summed E-state index contributed by atoms with van der Waals surface area (Å²) in [5, 5.41) is 4.25. The van der Waals surface area contributed by atoms with Crippen LogP contribution >= 0.6 is 0 Å². The van der Waals surface area contributed by atoms with Crippen LogP contribution in [0, 0.1) is 0 Å². The van der Waals surface area contributed by atoms with E-state index in [2.05, 4.69) is 34.6 Å². The third-order valence-electron chi connectivity index (χ3n) is 3.36. The minimum atomic E-state index is 0.549. The molecule has 0 amide bonds. The molecule has 3 nitrogen and oxygen atoms in total. The van der Waals surface area contributed by atoms with Crippen molar-refractivity contribution in [2.45, 2.75) is 13.2 Å². The Morgan fingerprint density at radius 2 is 1.81 bits per heavy atom. The molecule has 0 saturated heterocycles. The Bertz CT molecular complexity index is 735. The molecule has 0 aliphatic carbocycles. The van der Waals surface area contributed by atoms with Gasteiger partial charge in [-0.2, -0.15) is 0 Å². The van der Waals surface area contributed by atoms with Crippen molar-refractivity contribution in [2.75, 3.05) is 7.05 Å². The van der Waals surface area contributed by atoms with Crippen molar-refractivity contribution in [3.05, 3.63) is 71.9 Å². The van der Waals surface area contributed by atoms with E-state index in [4.69, 9.17) is 4.74 Å². The van der Waals surface area contributed by atoms with E-state index in [0.29, 0.717) is 6.61 Å². The molecule has 21 heavy (non-hydrogen) atoms. The van der Waals surface area contributed by atoms with E-state index >= 15 is 0 Å². The van der Waals surface area contributed by atoms with Gasteiger partial charge in [0, 0.05) is 18.1 Å². The summed E-state index contributed by atoms with van der Waals surface area (Å²) in [5.41, 5.74) is 3.33. The summed E-state index contributed by atoms with van der Waals surface area (Å²) >= 11 is 0. The fraction of sp³-hybridized carbons (Fsp3) is 0.167. The number of aromatic nitrogens is 1. The Kier molecular flexibility index (Phi) is 4.12. The molecule has 0 aliphatic rings. The van der Waals surface area contributed by atoms with Gasteiger partial charge in [0.1, 0.15) is 17.9 Å². The van der Waals surface area contributed by atoms with Crippen LogP contribution in [-0.2, 0) is 13.2 Å². The normalized spacial score (nSPS) is 10.7. The van der Waals surface area contributed by atoms with Crippen LogP contribution in [0.3, 0.4) is 0 Å². The second kappa shape index (κ2) is 6.37. The van der Waals surface area contributed by atoms with Gasteiger partial charge in [-0.15, -0.1) is 0 Å². The lowest BCUT2D eigenvalue weighted by atomic mass is 10.1. The summed E-state index contributed by atoms with van der Waals surface area (Å²) in [7, 11) is 1.95. The highest BCUT2D eigenvalue weighted by Crippen LogP contribution is 2.23. The van der Waals surface area contributed by atoms with E-state index in [-0.39, 0.29) is 0 Å². The smallest absolute Gasteiger partial charge is 0.146 e. The van der Waals surface area contributed by atoms with Crippen molar-refractivity contribution in [3.8, 4) is 5.75 Å². The molecule has 3 heteroatoms. The van der Waals surface area contributed by atoms with Crippen molar-refractivity contribution in [1.29, 1.82) is 0 Å². The molecule has 0 spiro atoms. The van der Waals surface area contributed by atoms with E-state index in [9.17, 15) is 0 Å². The maximum atomic E-state index is 5.96. The zero-order valence-corrected chi connectivity index (χ0v) is 12.0. The number of hydrogen-bond donors (Lipinski definition) is 1. The number of para-hydroxylation sites is 1. The Labute approximate surface area is 124 Å². The predicted octanol–water partition coefficient (Wildman–Crippen LogP) is 3.53. The van der Waals surface area contributed by atoms with Gasteiger partial charge in [0.2, 0.25) is 0 Å². The van der Waals surface area contributed by atoms with E-state index in [1.54, 1.807) is 6.20 Å². The second-order valence-corrected chi connectivity index (χ2v) is 4.97. The van der Waals surface area contributed by atoms with Gasteiger partial charge >= 0.3 is 0 Å². The van der Waals surface area contributed by atoms with Crippen molar-refractivity contribution in [1.82, 2.24) is 10.3 Å². The van der Waals surface area contributed by atoms with Crippen molar-refractivity contribution in [2.24, 2.45) is 0 Å². The molecule has 0 saturated carbocycles. The first-order chi connectivity index (χ1) is 10.4. The van der Waals surface area contributed by atoms with E-state index in [1.165, 1.54) is 5.56 Å². The number of ether oxygens (including phenoxy) is 1. The van der Waals surface area contributed by atoms with Gasteiger partial charge in [0.15, 0.2) is 0 Å². The second-order valence-electron chi connectivity index (χ2n) is 4.97. The lowest BCUT2D eigenvalue weighted by Gasteiger charge is -2.09. The van der Waals surface area contributed by atoms with Crippen LogP contribution in [0.5, 0.6) is 5.75 Å². The standard InChI is InChI=1S/C18H18N2O/c1-19-12-14-5-2-6-15(11-14)13-21-17-9-3-7-16-8-4-10-20-18(16)17/h2-11,19H,12-13H2,1H3. The number of pyridine rings is 1. The monoisotopic (exact) mass is 278 g/mol. The summed E-state index contributed by atoms with van der Waals surface area (Å²) < 4.78 is 5.96. The minimum Gasteiger partial charge on any atom is -0.487 e. The van der Waals surface area contributed by atoms with Crippen LogP contribution in [0.4, 0.5) is 0 Å². The van der Waals surface area contributed by atoms with Crippen LogP contribution in [0.2, 0.25) is 0 Å². The number of benzene rings is 2. The SMILES string of the molecule is CNCc1cccc(COc2cccc3cccnc23)c1. The van der Waals surface area contributed by atoms with Crippen LogP contribution in [0.1, 0.15) is 11.1 Å². The minimum absolute atomic E-state index is 0.549. The van der Waals surface area contributed by atoms with Gasteiger partial charge in [-0.25, -0.2) is 0 Å². The third kappa shape index (κ3) is 3.20. The van der Waals surface area contributed by atoms with Crippen LogP contribution in [0.25, 0.3) is 10.9 Å². The molecule has 0 aliphatic heterocycles. The number of fused-ring (bicyclic) bond motifs is 1. The Balaban J connectivity index is 1.79. The Morgan fingerprint density at radius 1 is 1.00 bits per heavy atom. The average Bonchev–Trinajstić information content (AvgIpc) is 2.53. The molecule has 106 valence electrons. The summed E-state index contributed by atoms with van der Waals surface area (Å²) in [5.74, 6) is 0.826. The zero-order chi connectivity index (χ0) is 14.5. The van der Waals surface area contributed by atoms with Crippen molar-refractivity contribution < 1.29 is 4.74 Å². The fourth-order valence-electron chi connectivity index (χ4n) is 2.39. The fourth-order valence-corrected chi connectivity index (χ4v) is 2.39.